The van der Waals surface area contributed by atoms with Crippen LogP contribution in [0.5, 0.6) is 0 Å². The van der Waals surface area contributed by atoms with E-state index in [2.05, 4.69) is 35.9 Å². The maximum atomic E-state index is 14.0. The van der Waals surface area contributed by atoms with Crippen molar-refractivity contribution in [3.8, 4) is 10.6 Å². The molecule has 0 radical (unpaired) electrons. The Hall–Kier alpha value is -1.09. The highest BCUT2D eigenvalue weighted by Gasteiger charge is 2.24. The number of hydrogen-bond donors (Lipinski definition) is 1. The van der Waals surface area contributed by atoms with Gasteiger partial charge in [0.15, 0.2) is 5.01 Å². The molecule has 0 bridgehead atoms. The lowest BCUT2D eigenvalue weighted by Crippen LogP contribution is -2.50. The van der Waals surface area contributed by atoms with E-state index in [9.17, 15) is 9.50 Å². The van der Waals surface area contributed by atoms with Crippen molar-refractivity contribution in [3.63, 3.8) is 0 Å². The summed E-state index contributed by atoms with van der Waals surface area (Å²) in [6.45, 7) is 7.68. The summed E-state index contributed by atoms with van der Waals surface area (Å²) in [5, 5.41) is 19.7. The first-order chi connectivity index (χ1) is 11.3. The summed E-state index contributed by atoms with van der Waals surface area (Å²) in [4.78, 5) is 4.41. The average Bonchev–Trinajstić information content (AvgIpc) is 2.98. The minimum atomic E-state index is -0.684. The zero-order valence-corrected chi connectivity index (χ0v) is 16.1. The monoisotopic (exact) mass is 414 g/mol. The number of piperazine rings is 1. The molecule has 0 saturated carbocycles. The largest absolute Gasteiger partial charge is 0.389 e. The Morgan fingerprint density at radius 2 is 1.96 bits per heavy atom. The van der Waals surface area contributed by atoms with Crippen LogP contribution in [0.25, 0.3) is 10.6 Å². The number of aromatic nitrogens is 2. The average molecular weight is 415 g/mol. The number of benzene rings is 1. The topological polar surface area (TPSA) is 52.5 Å². The van der Waals surface area contributed by atoms with E-state index in [1.807, 2.05) is 13.8 Å². The quantitative estimate of drug-likeness (QED) is 0.832. The molecule has 1 aliphatic heterocycles. The van der Waals surface area contributed by atoms with Crippen LogP contribution in [0.2, 0.25) is 0 Å². The van der Waals surface area contributed by atoms with Crippen LogP contribution >= 0.6 is 27.3 Å². The van der Waals surface area contributed by atoms with Gasteiger partial charge in [-0.15, -0.1) is 10.2 Å². The Balaban J connectivity index is 1.68. The zero-order valence-electron chi connectivity index (χ0n) is 13.7. The van der Waals surface area contributed by atoms with E-state index in [0.29, 0.717) is 17.1 Å². The molecule has 5 nitrogen and oxygen atoms in total. The summed E-state index contributed by atoms with van der Waals surface area (Å²) in [5.74, 6) is -0.295. The normalized spacial score (nSPS) is 16.6. The Morgan fingerprint density at radius 3 is 2.62 bits per heavy atom. The van der Waals surface area contributed by atoms with Crippen molar-refractivity contribution in [1.82, 2.24) is 15.1 Å². The van der Waals surface area contributed by atoms with Gasteiger partial charge in [0, 0.05) is 42.8 Å². The molecule has 8 heteroatoms. The van der Waals surface area contributed by atoms with E-state index < -0.39 is 5.60 Å². The molecule has 1 saturated heterocycles. The van der Waals surface area contributed by atoms with Crippen molar-refractivity contribution in [2.75, 3.05) is 37.6 Å². The third-order valence-electron chi connectivity index (χ3n) is 3.83. The summed E-state index contributed by atoms with van der Waals surface area (Å²) < 4.78 is 14.8. The molecule has 0 amide bonds. The van der Waals surface area contributed by atoms with Crippen LogP contribution in [0.1, 0.15) is 13.8 Å². The van der Waals surface area contributed by atoms with Crippen molar-refractivity contribution in [2.24, 2.45) is 0 Å². The van der Waals surface area contributed by atoms with E-state index >= 15 is 0 Å². The van der Waals surface area contributed by atoms with Crippen LogP contribution in [0.15, 0.2) is 22.7 Å². The van der Waals surface area contributed by atoms with Gasteiger partial charge in [-0.2, -0.15) is 0 Å². The van der Waals surface area contributed by atoms with Crippen molar-refractivity contribution in [1.29, 1.82) is 0 Å². The van der Waals surface area contributed by atoms with Gasteiger partial charge in [-0.1, -0.05) is 27.3 Å². The number of rotatable bonds is 4. The first kappa shape index (κ1) is 17.7. The van der Waals surface area contributed by atoms with Crippen LogP contribution in [0.3, 0.4) is 0 Å². The Bertz CT molecular complexity index is 710. The number of β-amino-alcohol motifs (C(OH)–C–C–N with tert-alkyl or cyclic N) is 1. The smallest absolute Gasteiger partial charge is 0.208 e. The van der Waals surface area contributed by atoms with Crippen LogP contribution in [-0.2, 0) is 0 Å². The summed E-state index contributed by atoms with van der Waals surface area (Å²) in [6, 6.07) is 4.82. The molecule has 1 N–H and O–H groups in total. The van der Waals surface area contributed by atoms with E-state index in [1.54, 1.807) is 12.1 Å². The molecule has 2 heterocycles. The fraction of sp³-hybridized carbons (Fsp3) is 0.500. The lowest BCUT2D eigenvalue weighted by molar-refractivity contribution is 0.0345. The molecule has 24 heavy (non-hydrogen) atoms. The van der Waals surface area contributed by atoms with Crippen molar-refractivity contribution in [3.05, 3.63) is 28.5 Å². The zero-order chi connectivity index (χ0) is 17.3. The fourth-order valence-corrected chi connectivity index (χ4v) is 4.03. The second kappa shape index (κ2) is 7.03. The predicted molar refractivity (Wildman–Crippen MR) is 98.0 cm³/mol. The highest BCUT2D eigenvalue weighted by atomic mass is 79.9. The number of aliphatic hydroxyl groups is 1. The van der Waals surface area contributed by atoms with Gasteiger partial charge in [0.25, 0.3) is 0 Å². The second-order valence-corrected chi connectivity index (χ2v) is 8.46. The minimum Gasteiger partial charge on any atom is -0.389 e. The van der Waals surface area contributed by atoms with E-state index in [4.69, 9.17) is 0 Å². The fourth-order valence-electron chi connectivity index (χ4n) is 2.76. The molecule has 1 fully saturated rings. The Labute approximate surface area is 153 Å². The number of halogens is 2. The van der Waals surface area contributed by atoms with Gasteiger partial charge in [0.1, 0.15) is 5.82 Å². The van der Waals surface area contributed by atoms with Gasteiger partial charge in [-0.25, -0.2) is 4.39 Å². The molecule has 1 aromatic carbocycles. The van der Waals surface area contributed by atoms with Gasteiger partial charge in [0.05, 0.1) is 5.60 Å². The van der Waals surface area contributed by atoms with Gasteiger partial charge in [0.2, 0.25) is 5.13 Å². The second-order valence-electron chi connectivity index (χ2n) is 6.59. The predicted octanol–water partition coefficient (Wildman–Crippen LogP) is 3.00. The summed E-state index contributed by atoms with van der Waals surface area (Å²) in [6.07, 6.45) is 0. The lowest BCUT2D eigenvalue weighted by atomic mass is 10.1. The first-order valence-electron chi connectivity index (χ1n) is 7.80. The third kappa shape index (κ3) is 4.30. The lowest BCUT2D eigenvalue weighted by Gasteiger charge is -2.36. The molecule has 0 unspecified atom stereocenters. The summed E-state index contributed by atoms with van der Waals surface area (Å²) in [7, 11) is 0. The van der Waals surface area contributed by atoms with Crippen molar-refractivity contribution in [2.45, 2.75) is 19.4 Å². The first-order valence-corrected chi connectivity index (χ1v) is 9.41. The minimum absolute atomic E-state index is 0.295. The van der Waals surface area contributed by atoms with E-state index in [0.717, 1.165) is 35.8 Å². The molecule has 0 aliphatic carbocycles. The van der Waals surface area contributed by atoms with E-state index in [-0.39, 0.29) is 5.82 Å². The van der Waals surface area contributed by atoms with Crippen LogP contribution < -0.4 is 4.90 Å². The van der Waals surface area contributed by atoms with E-state index in [1.165, 1.54) is 17.4 Å². The van der Waals surface area contributed by atoms with Crippen LogP contribution in [0.4, 0.5) is 9.52 Å². The molecule has 130 valence electrons. The highest BCUT2D eigenvalue weighted by Crippen LogP contribution is 2.32. The van der Waals surface area contributed by atoms with Crippen LogP contribution in [-0.4, -0.2) is 58.5 Å². The standard InChI is InChI=1S/C16H20BrFN4OS/c1-16(2,23)10-21-5-7-22(8-6-21)15-20-19-14(24-15)12-9-11(17)3-4-13(12)18/h3-4,9,23H,5-8,10H2,1-2H3. The van der Waals surface area contributed by atoms with Crippen molar-refractivity contribution < 1.29 is 9.50 Å². The molecule has 0 spiro atoms. The third-order valence-corrected chi connectivity index (χ3v) is 5.34. The molecular formula is C16H20BrFN4OS. The molecule has 1 aromatic heterocycles. The van der Waals surface area contributed by atoms with Gasteiger partial charge in [-0.05, 0) is 32.0 Å². The molecule has 0 atom stereocenters. The Morgan fingerprint density at radius 1 is 1.25 bits per heavy atom. The molecule has 2 aromatic rings. The van der Waals surface area contributed by atoms with Crippen molar-refractivity contribution >= 4 is 32.4 Å². The SMILES string of the molecule is CC(C)(O)CN1CCN(c2nnc(-c3cc(Br)ccc3F)s2)CC1. The van der Waals surface area contributed by atoms with Gasteiger partial charge >= 0.3 is 0 Å². The number of anilines is 1. The molecule has 1 aliphatic rings. The number of nitrogens with zero attached hydrogens (tertiary/aromatic N) is 4. The maximum absolute atomic E-state index is 14.0. The molecule has 3 rings (SSSR count). The summed E-state index contributed by atoms with van der Waals surface area (Å²) >= 11 is 4.77. The summed E-state index contributed by atoms with van der Waals surface area (Å²) in [5.41, 5.74) is -0.218. The molecular weight excluding hydrogens is 395 g/mol. The Kier molecular flexibility index (Phi) is 5.19. The van der Waals surface area contributed by atoms with Crippen LogP contribution in [0, 0.1) is 5.82 Å². The maximum Gasteiger partial charge on any atom is 0.208 e. The van der Waals surface area contributed by atoms with Gasteiger partial charge in [-0.3, -0.25) is 4.90 Å². The highest BCUT2D eigenvalue weighted by molar-refractivity contribution is 9.10. The number of hydrogen-bond acceptors (Lipinski definition) is 6. The van der Waals surface area contributed by atoms with Gasteiger partial charge < -0.3 is 10.0 Å².